The maximum atomic E-state index is 13.1. The lowest BCUT2D eigenvalue weighted by Gasteiger charge is -2.30. The van der Waals surface area contributed by atoms with Gasteiger partial charge in [-0.05, 0) is 43.7 Å². The van der Waals surface area contributed by atoms with E-state index in [-0.39, 0.29) is 17.9 Å². The predicted molar refractivity (Wildman–Crippen MR) is 136 cm³/mol. The Bertz CT molecular complexity index is 1110. The van der Waals surface area contributed by atoms with Gasteiger partial charge in [0.25, 0.3) is 5.91 Å². The zero-order chi connectivity index (χ0) is 22.9. The van der Waals surface area contributed by atoms with E-state index in [1.54, 1.807) is 4.90 Å². The summed E-state index contributed by atoms with van der Waals surface area (Å²) in [6, 6.07) is 8.04. The number of nitrogens with zero attached hydrogens (tertiary/aromatic N) is 3. The molecule has 4 heterocycles. The molecule has 174 valence electrons. The highest BCUT2D eigenvalue weighted by molar-refractivity contribution is 8.26. The molecule has 5 rings (SSSR count). The lowest BCUT2D eigenvalue weighted by Crippen LogP contribution is -2.39. The van der Waals surface area contributed by atoms with Crippen LogP contribution in [0, 0.1) is 5.92 Å². The normalized spacial score (nSPS) is 23.4. The molecule has 0 bridgehead atoms. The third kappa shape index (κ3) is 4.74. The number of para-hydroxylation sites is 1. The van der Waals surface area contributed by atoms with Crippen molar-refractivity contribution in [3.05, 3.63) is 40.9 Å². The molecular weight excluding hydrogens is 454 g/mol. The molecular formula is C25H29N3O3S2. The molecule has 1 aromatic carbocycles. The molecule has 33 heavy (non-hydrogen) atoms. The Kier molecular flexibility index (Phi) is 6.58. The van der Waals surface area contributed by atoms with Crippen LogP contribution < -0.4 is 0 Å². The van der Waals surface area contributed by atoms with E-state index in [9.17, 15) is 9.59 Å². The smallest absolute Gasteiger partial charge is 0.266 e. The summed E-state index contributed by atoms with van der Waals surface area (Å²) in [5, 5.41) is 1.03. The second-order valence-corrected chi connectivity index (χ2v) is 10.9. The van der Waals surface area contributed by atoms with E-state index in [0.29, 0.717) is 28.2 Å². The van der Waals surface area contributed by atoms with Gasteiger partial charge in [0.15, 0.2) is 0 Å². The molecule has 1 atom stereocenters. The van der Waals surface area contributed by atoms with E-state index in [1.807, 2.05) is 46.0 Å². The second-order valence-electron chi connectivity index (χ2n) is 9.22. The molecule has 2 aromatic rings. The van der Waals surface area contributed by atoms with Crippen LogP contribution in [0.2, 0.25) is 0 Å². The molecule has 0 aliphatic carbocycles. The minimum Gasteiger partial charge on any atom is -0.376 e. The average molecular weight is 484 g/mol. The van der Waals surface area contributed by atoms with Crippen molar-refractivity contribution in [1.29, 1.82) is 0 Å². The fourth-order valence-corrected chi connectivity index (χ4v) is 6.08. The Hall–Kier alpha value is -2.16. The summed E-state index contributed by atoms with van der Waals surface area (Å²) in [5.74, 6) is 0.778. The minimum atomic E-state index is -0.0594. The van der Waals surface area contributed by atoms with Crippen LogP contribution in [0.3, 0.4) is 0 Å². The molecule has 0 saturated carbocycles. The summed E-state index contributed by atoms with van der Waals surface area (Å²) in [6.07, 6.45) is 8.10. The van der Waals surface area contributed by atoms with Crippen LogP contribution in [0.1, 0.15) is 38.2 Å². The van der Waals surface area contributed by atoms with Gasteiger partial charge in [0.2, 0.25) is 5.91 Å². The predicted octanol–water partition coefficient (Wildman–Crippen LogP) is 4.28. The minimum absolute atomic E-state index is 0.0594. The van der Waals surface area contributed by atoms with Crippen molar-refractivity contribution in [1.82, 2.24) is 14.4 Å². The number of hydrogen-bond donors (Lipinski definition) is 0. The maximum Gasteiger partial charge on any atom is 0.266 e. The molecule has 3 saturated heterocycles. The van der Waals surface area contributed by atoms with Gasteiger partial charge in [-0.2, -0.15) is 0 Å². The molecule has 1 aromatic heterocycles. The monoisotopic (exact) mass is 483 g/mol. The summed E-state index contributed by atoms with van der Waals surface area (Å²) < 4.78 is 8.29. The number of thioether (sulfide) groups is 1. The summed E-state index contributed by atoms with van der Waals surface area (Å²) >= 11 is 6.84. The first-order chi connectivity index (χ1) is 16.0. The number of rotatable bonds is 5. The third-order valence-electron chi connectivity index (χ3n) is 6.83. The maximum absolute atomic E-state index is 13.1. The fourth-order valence-electron chi connectivity index (χ4n) is 4.82. The van der Waals surface area contributed by atoms with Crippen molar-refractivity contribution < 1.29 is 14.3 Å². The van der Waals surface area contributed by atoms with Crippen molar-refractivity contribution in [2.75, 3.05) is 26.2 Å². The molecule has 0 spiro atoms. The first-order valence-corrected chi connectivity index (χ1v) is 12.9. The van der Waals surface area contributed by atoms with Gasteiger partial charge in [0.05, 0.1) is 17.6 Å². The Morgan fingerprint density at radius 3 is 2.79 bits per heavy atom. The van der Waals surface area contributed by atoms with Gasteiger partial charge >= 0.3 is 0 Å². The summed E-state index contributed by atoms with van der Waals surface area (Å²) in [4.78, 5) is 30.3. The van der Waals surface area contributed by atoms with E-state index in [2.05, 4.69) is 6.92 Å². The number of carbonyl (C=O) groups is 2. The molecule has 3 aliphatic heterocycles. The van der Waals surface area contributed by atoms with Crippen LogP contribution >= 0.6 is 24.0 Å². The zero-order valence-corrected chi connectivity index (χ0v) is 20.5. The van der Waals surface area contributed by atoms with Crippen LogP contribution in [0.4, 0.5) is 0 Å². The number of likely N-dealkylation sites (tertiary alicyclic amines) is 1. The summed E-state index contributed by atoms with van der Waals surface area (Å²) in [5.41, 5.74) is 1.93. The van der Waals surface area contributed by atoms with Crippen molar-refractivity contribution in [2.24, 2.45) is 5.92 Å². The van der Waals surface area contributed by atoms with E-state index in [4.69, 9.17) is 17.0 Å². The lowest BCUT2D eigenvalue weighted by atomic mass is 9.99. The molecule has 3 fully saturated rings. The zero-order valence-electron chi connectivity index (χ0n) is 18.9. The van der Waals surface area contributed by atoms with Gasteiger partial charge in [-0.15, -0.1) is 0 Å². The summed E-state index contributed by atoms with van der Waals surface area (Å²) in [7, 11) is 0. The second kappa shape index (κ2) is 9.60. The number of fused-ring (bicyclic) bond motifs is 1. The molecule has 0 radical (unpaired) electrons. The van der Waals surface area contributed by atoms with Crippen LogP contribution in [0.25, 0.3) is 17.0 Å². The SMILES string of the molecule is CC1CCN(C(=O)Cn2cc(/C=C3\SC(=S)N(C[C@@H]4CCCO4)C3=O)c3ccccc32)CC1. The molecule has 2 amide bonds. The molecule has 6 nitrogen and oxygen atoms in total. The van der Waals surface area contributed by atoms with Gasteiger partial charge in [-0.25, -0.2) is 0 Å². The highest BCUT2D eigenvalue weighted by Gasteiger charge is 2.34. The van der Waals surface area contributed by atoms with Crippen LogP contribution in [-0.4, -0.2) is 62.8 Å². The Morgan fingerprint density at radius 1 is 1.24 bits per heavy atom. The number of carbonyl (C=O) groups excluding carboxylic acids is 2. The van der Waals surface area contributed by atoms with Crippen LogP contribution in [0.5, 0.6) is 0 Å². The largest absolute Gasteiger partial charge is 0.376 e. The van der Waals surface area contributed by atoms with Crippen LogP contribution in [0.15, 0.2) is 35.4 Å². The molecule has 0 N–H and O–H groups in total. The Balaban J connectivity index is 1.37. The van der Waals surface area contributed by atoms with Crippen molar-refractivity contribution in [3.8, 4) is 0 Å². The average Bonchev–Trinajstić information content (AvgIpc) is 3.51. The van der Waals surface area contributed by atoms with Crippen molar-refractivity contribution in [3.63, 3.8) is 0 Å². The van der Waals surface area contributed by atoms with Gasteiger partial charge in [0.1, 0.15) is 10.9 Å². The number of hydrogen-bond acceptors (Lipinski definition) is 5. The van der Waals surface area contributed by atoms with Gasteiger partial charge < -0.3 is 14.2 Å². The van der Waals surface area contributed by atoms with Gasteiger partial charge in [-0.1, -0.05) is 49.1 Å². The van der Waals surface area contributed by atoms with Gasteiger partial charge in [-0.3, -0.25) is 14.5 Å². The summed E-state index contributed by atoms with van der Waals surface area (Å²) in [6.45, 7) is 5.49. The number of benzene rings is 1. The van der Waals surface area contributed by atoms with Crippen molar-refractivity contribution >= 4 is 57.1 Å². The Morgan fingerprint density at radius 2 is 2.03 bits per heavy atom. The Labute approximate surface area is 203 Å². The standard InChI is InChI=1S/C25H29N3O3S2/c1-17-8-10-26(11-9-17)23(29)16-27-14-18(20-6-2-3-7-21(20)27)13-22-24(30)28(25(32)33-22)15-19-5-4-12-31-19/h2-3,6-7,13-14,17,19H,4-5,8-12,15-16H2,1H3/b22-13-/t19-/m0/s1. The molecule has 8 heteroatoms. The highest BCUT2D eigenvalue weighted by Crippen LogP contribution is 2.35. The topological polar surface area (TPSA) is 54.8 Å². The fraction of sp³-hybridized carbons (Fsp3) is 0.480. The van der Waals surface area contributed by atoms with E-state index < -0.39 is 0 Å². The number of piperidine rings is 1. The van der Waals surface area contributed by atoms with E-state index in [0.717, 1.165) is 61.8 Å². The molecule has 3 aliphatic rings. The number of amides is 2. The van der Waals surface area contributed by atoms with E-state index >= 15 is 0 Å². The van der Waals surface area contributed by atoms with Crippen LogP contribution in [-0.2, 0) is 20.9 Å². The highest BCUT2D eigenvalue weighted by atomic mass is 32.2. The third-order valence-corrected chi connectivity index (χ3v) is 8.21. The number of thiocarbonyl (C=S) groups is 1. The first-order valence-electron chi connectivity index (χ1n) is 11.7. The van der Waals surface area contributed by atoms with E-state index in [1.165, 1.54) is 11.8 Å². The van der Waals surface area contributed by atoms with Gasteiger partial charge in [0, 0.05) is 42.4 Å². The number of aromatic nitrogens is 1. The molecule has 0 unspecified atom stereocenters. The van der Waals surface area contributed by atoms with Crippen molar-refractivity contribution in [2.45, 2.75) is 45.3 Å². The quantitative estimate of drug-likeness (QED) is 0.469. The number of ether oxygens (including phenoxy) is 1. The lowest BCUT2D eigenvalue weighted by molar-refractivity contribution is -0.133. The first kappa shape index (κ1) is 22.6.